The molecule has 0 spiro atoms. The van der Waals surface area contributed by atoms with Crippen LogP contribution in [0.5, 0.6) is 0 Å². The maximum absolute atomic E-state index is 12.4. The fourth-order valence-electron chi connectivity index (χ4n) is 2.72. The molecule has 0 fully saturated rings. The fourth-order valence-corrected chi connectivity index (χ4v) is 2.72. The highest BCUT2D eigenvalue weighted by Crippen LogP contribution is 2.27. The average Bonchev–Trinajstić information content (AvgIpc) is 2.56. The van der Waals surface area contributed by atoms with Crippen molar-refractivity contribution in [2.45, 2.75) is 39.2 Å². The molecule has 3 amide bonds. The first-order valence-corrected chi connectivity index (χ1v) is 8.38. The first kappa shape index (κ1) is 18.5. The Kier molecular flexibility index (Phi) is 6.17. The Morgan fingerprint density at radius 1 is 1.04 bits per heavy atom. The maximum atomic E-state index is 12.4. The SMILES string of the molecule is Cc1cccc(C(C)C)c1NC(=O)N[C@@H](Cc1ccccc1)C(N)=O. The smallest absolute Gasteiger partial charge is 0.319 e. The molecule has 0 heterocycles. The summed E-state index contributed by atoms with van der Waals surface area (Å²) in [6.07, 6.45) is 0.356. The van der Waals surface area contributed by atoms with Crippen LogP contribution >= 0.6 is 0 Å². The van der Waals surface area contributed by atoms with Gasteiger partial charge in [0.15, 0.2) is 0 Å². The Morgan fingerprint density at radius 2 is 1.72 bits per heavy atom. The van der Waals surface area contributed by atoms with Gasteiger partial charge in [-0.1, -0.05) is 62.4 Å². The van der Waals surface area contributed by atoms with Crippen molar-refractivity contribution in [1.82, 2.24) is 5.32 Å². The van der Waals surface area contributed by atoms with Crippen molar-refractivity contribution >= 4 is 17.6 Å². The van der Waals surface area contributed by atoms with Crippen molar-refractivity contribution in [1.29, 1.82) is 0 Å². The van der Waals surface area contributed by atoms with E-state index in [0.717, 1.165) is 22.4 Å². The molecule has 1 atom stereocenters. The molecule has 2 aromatic rings. The minimum Gasteiger partial charge on any atom is -0.368 e. The van der Waals surface area contributed by atoms with Crippen LogP contribution < -0.4 is 16.4 Å². The number of rotatable bonds is 6. The normalized spacial score (nSPS) is 11.8. The summed E-state index contributed by atoms with van der Waals surface area (Å²) in [6, 6.07) is 14.2. The lowest BCUT2D eigenvalue weighted by atomic mass is 9.98. The van der Waals surface area contributed by atoms with E-state index in [1.807, 2.05) is 55.5 Å². The Bertz CT molecular complexity index is 742. The van der Waals surface area contributed by atoms with Gasteiger partial charge in [-0.15, -0.1) is 0 Å². The van der Waals surface area contributed by atoms with Crippen molar-refractivity contribution in [3.8, 4) is 0 Å². The number of nitrogens with two attached hydrogens (primary N) is 1. The highest BCUT2D eigenvalue weighted by molar-refractivity contribution is 5.94. The first-order chi connectivity index (χ1) is 11.9. The van der Waals surface area contributed by atoms with Gasteiger partial charge in [0.05, 0.1) is 0 Å². The third kappa shape index (κ3) is 5.08. The number of nitrogens with one attached hydrogen (secondary N) is 2. The summed E-state index contributed by atoms with van der Waals surface area (Å²) in [7, 11) is 0. The van der Waals surface area contributed by atoms with Crippen LogP contribution in [0.2, 0.25) is 0 Å². The van der Waals surface area contributed by atoms with Crippen LogP contribution in [0, 0.1) is 6.92 Å². The quantitative estimate of drug-likeness (QED) is 0.754. The summed E-state index contributed by atoms with van der Waals surface area (Å²) in [5.74, 6) is -0.292. The van der Waals surface area contributed by atoms with Gasteiger partial charge in [0, 0.05) is 12.1 Å². The zero-order chi connectivity index (χ0) is 18.4. The van der Waals surface area contributed by atoms with Gasteiger partial charge in [-0.25, -0.2) is 4.79 Å². The van der Waals surface area contributed by atoms with Gasteiger partial charge in [-0.3, -0.25) is 4.79 Å². The Hall–Kier alpha value is -2.82. The van der Waals surface area contributed by atoms with E-state index in [2.05, 4.69) is 24.5 Å². The van der Waals surface area contributed by atoms with E-state index in [1.54, 1.807) is 0 Å². The van der Waals surface area contributed by atoms with Gasteiger partial charge in [0.1, 0.15) is 6.04 Å². The topological polar surface area (TPSA) is 84.2 Å². The zero-order valence-electron chi connectivity index (χ0n) is 14.9. The van der Waals surface area contributed by atoms with Gasteiger partial charge >= 0.3 is 6.03 Å². The Balaban J connectivity index is 2.11. The molecule has 0 unspecified atom stereocenters. The van der Waals surface area contributed by atoms with Crippen LogP contribution in [0.1, 0.15) is 36.5 Å². The number of primary amides is 1. The lowest BCUT2D eigenvalue weighted by molar-refractivity contribution is -0.119. The second kappa shape index (κ2) is 8.33. The molecule has 5 heteroatoms. The highest BCUT2D eigenvalue weighted by Gasteiger charge is 2.20. The molecule has 0 saturated carbocycles. The standard InChI is InChI=1S/C20H25N3O2/c1-13(2)16-11-7-8-14(3)18(16)23-20(25)22-17(19(21)24)12-15-9-5-4-6-10-15/h4-11,13,17H,12H2,1-3H3,(H2,21,24)(H2,22,23,25)/t17-/m0/s1. The van der Waals surface area contributed by atoms with Crippen molar-refractivity contribution in [3.05, 3.63) is 65.2 Å². The summed E-state index contributed by atoms with van der Waals surface area (Å²) >= 11 is 0. The molecule has 132 valence electrons. The lowest BCUT2D eigenvalue weighted by Crippen LogP contribution is -2.47. The van der Waals surface area contributed by atoms with Crippen LogP contribution in [-0.2, 0) is 11.2 Å². The minimum atomic E-state index is -0.770. The number of hydrogen-bond acceptors (Lipinski definition) is 2. The van der Waals surface area contributed by atoms with E-state index in [1.165, 1.54) is 0 Å². The number of urea groups is 1. The largest absolute Gasteiger partial charge is 0.368 e. The molecular weight excluding hydrogens is 314 g/mol. The minimum absolute atomic E-state index is 0.270. The van der Waals surface area contributed by atoms with Gasteiger partial charge in [-0.05, 0) is 29.5 Å². The number of para-hydroxylation sites is 1. The number of carbonyl (C=O) groups excluding carboxylic acids is 2. The molecule has 4 N–H and O–H groups in total. The van der Waals surface area contributed by atoms with Crippen molar-refractivity contribution in [3.63, 3.8) is 0 Å². The predicted molar refractivity (Wildman–Crippen MR) is 101 cm³/mol. The molecule has 0 bridgehead atoms. The molecule has 25 heavy (non-hydrogen) atoms. The molecule has 0 radical (unpaired) electrons. The van der Waals surface area contributed by atoms with Gasteiger partial charge in [0.2, 0.25) is 5.91 Å². The molecule has 0 aromatic heterocycles. The molecule has 5 nitrogen and oxygen atoms in total. The molecule has 0 saturated heterocycles. The molecule has 2 rings (SSSR count). The number of benzene rings is 2. The fraction of sp³-hybridized carbons (Fsp3) is 0.300. The predicted octanol–water partition coefficient (Wildman–Crippen LogP) is 3.34. The van der Waals surface area contributed by atoms with Gasteiger partial charge in [0.25, 0.3) is 0 Å². The number of anilines is 1. The van der Waals surface area contributed by atoms with E-state index in [-0.39, 0.29) is 5.92 Å². The Labute approximate surface area is 148 Å². The maximum Gasteiger partial charge on any atom is 0.319 e. The van der Waals surface area contributed by atoms with Crippen LogP contribution in [0.25, 0.3) is 0 Å². The van der Waals surface area contributed by atoms with E-state index in [0.29, 0.717) is 6.42 Å². The lowest BCUT2D eigenvalue weighted by Gasteiger charge is -2.19. The van der Waals surface area contributed by atoms with Crippen LogP contribution in [0.15, 0.2) is 48.5 Å². The monoisotopic (exact) mass is 339 g/mol. The second-order valence-electron chi connectivity index (χ2n) is 6.44. The molecular formula is C20H25N3O2. The summed E-state index contributed by atoms with van der Waals surface area (Å²) in [5, 5.41) is 5.56. The molecule has 0 aliphatic rings. The number of hydrogen-bond donors (Lipinski definition) is 3. The summed E-state index contributed by atoms with van der Waals surface area (Å²) < 4.78 is 0. The van der Waals surface area contributed by atoms with E-state index >= 15 is 0 Å². The summed E-state index contributed by atoms with van der Waals surface area (Å²) in [4.78, 5) is 24.1. The number of carbonyl (C=O) groups is 2. The molecule has 2 aromatic carbocycles. The molecule has 0 aliphatic heterocycles. The highest BCUT2D eigenvalue weighted by atomic mass is 16.2. The third-order valence-corrected chi connectivity index (χ3v) is 4.10. The van der Waals surface area contributed by atoms with Gasteiger partial charge < -0.3 is 16.4 Å². The van der Waals surface area contributed by atoms with Crippen molar-refractivity contribution < 1.29 is 9.59 Å². The second-order valence-corrected chi connectivity index (χ2v) is 6.44. The summed E-state index contributed by atoms with van der Waals surface area (Å²) in [6.45, 7) is 6.08. The third-order valence-electron chi connectivity index (χ3n) is 4.10. The average molecular weight is 339 g/mol. The van der Waals surface area contributed by atoms with Crippen molar-refractivity contribution in [2.24, 2.45) is 5.73 Å². The number of amides is 3. The number of aryl methyl sites for hydroxylation is 1. The van der Waals surface area contributed by atoms with Crippen molar-refractivity contribution in [2.75, 3.05) is 5.32 Å². The van der Waals surface area contributed by atoms with Crippen LogP contribution in [0.3, 0.4) is 0 Å². The first-order valence-electron chi connectivity index (χ1n) is 8.38. The Morgan fingerprint density at radius 3 is 2.32 bits per heavy atom. The van der Waals surface area contributed by atoms with Gasteiger partial charge in [-0.2, -0.15) is 0 Å². The van der Waals surface area contributed by atoms with E-state index < -0.39 is 18.0 Å². The van der Waals surface area contributed by atoms with Crippen LogP contribution in [-0.4, -0.2) is 18.0 Å². The summed E-state index contributed by atoms with van der Waals surface area (Å²) in [5.41, 5.74) is 9.19. The molecule has 0 aliphatic carbocycles. The van der Waals surface area contributed by atoms with E-state index in [9.17, 15) is 9.59 Å². The van der Waals surface area contributed by atoms with E-state index in [4.69, 9.17) is 5.73 Å². The van der Waals surface area contributed by atoms with Crippen LogP contribution in [0.4, 0.5) is 10.5 Å². The zero-order valence-corrected chi connectivity index (χ0v) is 14.9.